The predicted molar refractivity (Wildman–Crippen MR) is 137 cm³/mol. The van der Waals surface area contributed by atoms with E-state index in [1.165, 1.54) is 5.71 Å². The molecule has 4 rings (SSSR count). The number of fused-ring (bicyclic) bond motifs is 1. The third-order valence-corrected chi connectivity index (χ3v) is 6.53. The van der Waals surface area contributed by atoms with Gasteiger partial charge in [0.05, 0.1) is 13.0 Å². The summed E-state index contributed by atoms with van der Waals surface area (Å²) in [5.41, 5.74) is 6.34. The Morgan fingerprint density at radius 3 is 2.67 bits per heavy atom. The first-order valence-corrected chi connectivity index (χ1v) is 12.6. The Kier molecular flexibility index (Phi) is 8.36. The van der Waals surface area contributed by atoms with Crippen LogP contribution in [0.2, 0.25) is 0 Å². The van der Waals surface area contributed by atoms with Gasteiger partial charge < -0.3 is 19.5 Å². The van der Waals surface area contributed by atoms with Gasteiger partial charge in [-0.05, 0) is 41.6 Å². The highest BCUT2D eigenvalue weighted by molar-refractivity contribution is 6.12. The molecule has 0 saturated heterocycles. The van der Waals surface area contributed by atoms with Crippen LogP contribution in [0.3, 0.4) is 0 Å². The molecule has 2 aliphatic heterocycles. The van der Waals surface area contributed by atoms with Gasteiger partial charge in [0.15, 0.2) is 5.71 Å². The molecule has 36 heavy (non-hydrogen) atoms. The first-order valence-electron chi connectivity index (χ1n) is 12.6. The molecule has 8 heteroatoms. The normalized spacial score (nSPS) is 14.9. The molecular weight excluding hydrogens is 458 g/mol. The highest BCUT2D eigenvalue weighted by atomic mass is 16.6. The molecule has 2 heterocycles. The minimum atomic E-state index is -0.841. The van der Waals surface area contributed by atoms with Gasteiger partial charge in [-0.25, -0.2) is 4.79 Å². The Morgan fingerprint density at radius 2 is 1.92 bits per heavy atom. The SMILES string of the molecule is CCCOC(=O)N1CCc2c(OCC[N+]3=C(C)CC(c4ccccc4)=N3)ccc(CCC(=O)O)c2C1. The molecule has 0 spiro atoms. The lowest BCUT2D eigenvalue weighted by Gasteiger charge is -2.31. The number of ether oxygens (including phenoxy) is 2. The number of rotatable bonds is 10. The Hall–Kier alpha value is -3.68. The molecule has 1 N–H and O–H groups in total. The fourth-order valence-corrected chi connectivity index (χ4v) is 4.63. The third kappa shape index (κ3) is 6.11. The Morgan fingerprint density at radius 1 is 1.11 bits per heavy atom. The van der Waals surface area contributed by atoms with Gasteiger partial charge in [0, 0.05) is 37.6 Å². The van der Waals surface area contributed by atoms with E-state index in [0.29, 0.717) is 45.7 Å². The van der Waals surface area contributed by atoms with E-state index in [1.807, 2.05) is 41.9 Å². The minimum absolute atomic E-state index is 0.0404. The average Bonchev–Trinajstić information content (AvgIpc) is 3.27. The van der Waals surface area contributed by atoms with Crippen LogP contribution in [0.25, 0.3) is 0 Å². The van der Waals surface area contributed by atoms with Gasteiger partial charge in [0.2, 0.25) is 6.54 Å². The summed E-state index contributed by atoms with van der Waals surface area (Å²) in [5.74, 6) is -0.0541. The lowest BCUT2D eigenvalue weighted by molar-refractivity contribution is -0.532. The number of carbonyl (C=O) groups is 2. The fraction of sp³-hybridized carbons (Fsp3) is 0.429. The summed E-state index contributed by atoms with van der Waals surface area (Å²) in [6.45, 7) is 6.47. The van der Waals surface area contributed by atoms with Crippen molar-refractivity contribution in [3.8, 4) is 5.75 Å². The van der Waals surface area contributed by atoms with E-state index >= 15 is 0 Å². The largest absolute Gasteiger partial charge is 0.487 e. The van der Waals surface area contributed by atoms with E-state index in [-0.39, 0.29) is 12.5 Å². The first kappa shape index (κ1) is 25.4. The zero-order chi connectivity index (χ0) is 25.5. The highest BCUT2D eigenvalue weighted by Crippen LogP contribution is 2.32. The smallest absolute Gasteiger partial charge is 0.410 e. The topological polar surface area (TPSA) is 91.4 Å². The molecule has 0 aliphatic carbocycles. The maximum atomic E-state index is 12.5. The Bertz CT molecular complexity index is 1170. The molecule has 0 bridgehead atoms. The van der Waals surface area contributed by atoms with Crippen LogP contribution in [0.4, 0.5) is 4.79 Å². The molecule has 0 aromatic heterocycles. The number of benzene rings is 2. The number of hydrazone groups is 1. The van der Waals surface area contributed by atoms with Crippen molar-refractivity contribution in [3.63, 3.8) is 0 Å². The van der Waals surface area contributed by atoms with Crippen LogP contribution in [0.1, 0.15) is 55.4 Å². The summed E-state index contributed by atoms with van der Waals surface area (Å²) in [6.07, 6.45) is 2.35. The van der Waals surface area contributed by atoms with Gasteiger partial charge in [-0.15, -0.1) is 0 Å². The maximum Gasteiger partial charge on any atom is 0.410 e. The van der Waals surface area contributed by atoms with Crippen LogP contribution in [0, 0.1) is 0 Å². The molecule has 0 atom stereocenters. The van der Waals surface area contributed by atoms with Crippen molar-refractivity contribution in [3.05, 3.63) is 64.7 Å². The van der Waals surface area contributed by atoms with Crippen molar-refractivity contribution in [2.24, 2.45) is 5.10 Å². The van der Waals surface area contributed by atoms with Gasteiger partial charge >= 0.3 is 12.1 Å². The predicted octanol–water partition coefficient (Wildman–Crippen LogP) is 4.27. The molecule has 1 amide bonds. The Labute approximate surface area is 211 Å². The molecule has 8 nitrogen and oxygen atoms in total. The molecule has 0 unspecified atom stereocenters. The van der Waals surface area contributed by atoms with E-state index in [4.69, 9.17) is 14.6 Å². The van der Waals surface area contributed by atoms with E-state index in [0.717, 1.165) is 46.6 Å². The number of hydrogen-bond donors (Lipinski definition) is 1. The van der Waals surface area contributed by atoms with Crippen molar-refractivity contribution in [1.29, 1.82) is 0 Å². The number of hydrogen-bond acceptors (Lipinski definition) is 5. The zero-order valence-electron chi connectivity index (χ0n) is 21.0. The van der Waals surface area contributed by atoms with Gasteiger partial charge in [-0.3, -0.25) is 4.79 Å². The van der Waals surface area contributed by atoms with Gasteiger partial charge in [-0.2, -0.15) is 0 Å². The quantitative estimate of drug-likeness (QED) is 0.500. The number of carboxylic acid groups (broad SMARTS) is 1. The molecule has 0 radical (unpaired) electrons. The standard InChI is InChI=1S/C28H33N3O5/c1-3-16-36-28(34)30-14-13-23-24(19-30)21(10-12-27(32)33)9-11-26(23)35-17-15-31-20(2)18-25(29-31)22-7-5-4-6-8-22/h4-9,11H,3,10,12-19H2,1-2H3/p+1. The van der Waals surface area contributed by atoms with E-state index in [2.05, 4.69) is 19.1 Å². The summed E-state index contributed by atoms with van der Waals surface area (Å²) in [5, 5.41) is 14.0. The van der Waals surface area contributed by atoms with Crippen LogP contribution in [0.15, 0.2) is 47.6 Å². The van der Waals surface area contributed by atoms with Gasteiger partial charge in [0.1, 0.15) is 18.1 Å². The highest BCUT2D eigenvalue weighted by Gasteiger charge is 2.27. The van der Waals surface area contributed by atoms with Crippen LogP contribution >= 0.6 is 0 Å². The van der Waals surface area contributed by atoms with Crippen molar-refractivity contribution in [2.75, 3.05) is 26.3 Å². The number of carbonyl (C=O) groups excluding carboxylic acids is 1. The van der Waals surface area contributed by atoms with E-state index in [1.54, 1.807) is 4.90 Å². The lowest BCUT2D eigenvalue weighted by Crippen LogP contribution is -2.37. The lowest BCUT2D eigenvalue weighted by atomic mass is 9.92. The Balaban J connectivity index is 1.46. The average molecular weight is 493 g/mol. The monoisotopic (exact) mass is 492 g/mol. The summed E-state index contributed by atoms with van der Waals surface area (Å²) in [7, 11) is 0. The van der Waals surface area contributed by atoms with Gasteiger partial charge in [-0.1, -0.05) is 48.0 Å². The van der Waals surface area contributed by atoms with Crippen LogP contribution in [-0.4, -0.2) is 64.5 Å². The second kappa shape index (κ2) is 11.8. The van der Waals surface area contributed by atoms with E-state index < -0.39 is 5.97 Å². The molecule has 190 valence electrons. The fourth-order valence-electron chi connectivity index (χ4n) is 4.63. The van der Waals surface area contributed by atoms with Gasteiger partial charge in [0.25, 0.3) is 0 Å². The summed E-state index contributed by atoms with van der Waals surface area (Å²) in [4.78, 5) is 25.3. The second-order valence-corrected chi connectivity index (χ2v) is 9.16. The summed E-state index contributed by atoms with van der Waals surface area (Å²) >= 11 is 0. The summed E-state index contributed by atoms with van der Waals surface area (Å²) in [6, 6.07) is 14.1. The van der Waals surface area contributed by atoms with E-state index in [9.17, 15) is 14.7 Å². The van der Waals surface area contributed by atoms with Crippen molar-refractivity contribution < 1.29 is 28.9 Å². The first-order chi connectivity index (χ1) is 17.5. The molecule has 2 aromatic carbocycles. The molecule has 0 saturated carbocycles. The maximum absolute atomic E-state index is 12.5. The number of aryl methyl sites for hydroxylation is 1. The molecule has 2 aromatic rings. The third-order valence-electron chi connectivity index (χ3n) is 6.53. The van der Waals surface area contributed by atoms with Crippen molar-refractivity contribution >= 4 is 23.5 Å². The summed E-state index contributed by atoms with van der Waals surface area (Å²) < 4.78 is 13.6. The van der Waals surface area contributed by atoms with Crippen molar-refractivity contribution in [2.45, 2.75) is 52.5 Å². The van der Waals surface area contributed by atoms with Crippen LogP contribution < -0.4 is 4.74 Å². The molecular formula is C28H34N3O5+. The minimum Gasteiger partial charge on any atom is -0.487 e. The zero-order valence-corrected chi connectivity index (χ0v) is 21.0. The van der Waals surface area contributed by atoms with Crippen molar-refractivity contribution in [1.82, 2.24) is 4.90 Å². The number of aliphatic carboxylic acids is 1. The number of nitrogens with zero attached hydrogens (tertiary/aromatic N) is 3. The number of carboxylic acids is 1. The van der Waals surface area contributed by atoms with Crippen LogP contribution in [0.5, 0.6) is 5.75 Å². The number of amides is 1. The van der Waals surface area contributed by atoms with Crippen LogP contribution in [-0.2, 0) is 28.9 Å². The second-order valence-electron chi connectivity index (χ2n) is 9.16. The molecule has 0 fully saturated rings. The molecule has 2 aliphatic rings.